The monoisotopic (exact) mass is 524 g/mol. The van der Waals surface area contributed by atoms with E-state index in [2.05, 4.69) is 46.7 Å². The highest BCUT2D eigenvalue weighted by Crippen LogP contribution is 2.18. The third kappa shape index (κ3) is 9.23. The van der Waals surface area contributed by atoms with Gasteiger partial charge in [0, 0.05) is 51.7 Å². The molecule has 0 saturated carbocycles. The molecule has 1 aliphatic heterocycles. The molecule has 0 amide bonds. The van der Waals surface area contributed by atoms with E-state index in [4.69, 9.17) is 9.73 Å². The molecule has 0 unspecified atom stereocenters. The highest BCUT2D eigenvalue weighted by molar-refractivity contribution is 14.0. The van der Waals surface area contributed by atoms with E-state index in [1.165, 1.54) is 0 Å². The van der Waals surface area contributed by atoms with Crippen molar-refractivity contribution in [2.75, 3.05) is 51.8 Å². The lowest BCUT2D eigenvalue weighted by molar-refractivity contribution is 0.0532. The third-order valence-electron chi connectivity index (χ3n) is 4.45. The van der Waals surface area contributed by atoms with E-state index in [0.717, 1.165) is 62.4 Å². The van der Waals surface area contributed by atoms with E-state index in [1.807, 2.05) is 19.0 Å². The zero-order chi connectivity index (χ0) is 19.6. The number of thiazole rings is 1. The summed E-state index contributed by atoms with van der Waals surface area (Å²) in [5, 5.41) is 10.1. The van der Waals surface area contributed by atoms with Crippen LogP contribution in [0.25, 0.3) is 0 Å². The summed E-state index contributed by atoms with van der Waals surface area (Å²) in [4.78, 5) is 13.8. The Hall–Kier alpha value is -0.650. The quantitative estimate of drug-likeness (QED) is 0.294. The van der Waals surface area contributed by atoms with Crippen molar-refractivity contribution in [1.29, 1.82) is 0 Å². The SMILES string of the molecule is CCNC(=NCc1csc(N(C)C)n1)NC1CCN(CCOC(C)C)CC1.I. The third-order valence-corrected chi connectivity index (χ3v) is 5.51. The first kappa shape index (κ1) is 25.4. The standard InChI is InChI=1S/C19H36N6OS.HI/c1-6-20-18(21-13-17-14-27-19(23-17)24(4)5)22-16-7-9-25(10-8-16)11-12-26-15(2)3;/h14-16H,6-13H2,1-5H3,(H2,20,21,22);1H. The molecule has 0 aromatic carbocycles. The summed E-state index contributed by atoms with van der Waals surface area (Å²) in [7, 11) is 4.03. The summed E-state index contributed by atoms with van der Waals surface area (Å²) in [6.45, 7) is 11.8. The Balaban J connectivity index is 0.00000392. The van der Waals surface area contributed by atoms with Crippen LogP contribution in [-0.4, -0.2) is 74.9 Å². The largest absolute Gasteiger partial charge is 0.377 e. The molecule has 162 valence electrons. The van der Waals surface area contributed by atoms with E-state index < -0.39 is 0 Å². The summed E-state index contributed by atoms with van der Waals surface area (Å²) in [6, 6.07) is 0.470. The van der Waals surface area contributed by atoms with Gasteiger partial charge < -0.3 is 25.2 Å². The fourth-order valence-electron chi connectivity index (χ4n) is 2.97. The molecular weight excluding hydrogens is 487 g/mol. The molecule has 1 fully saturated rings. The zero-order valence-corrected chi connectivity index (χ0v) is 21.0. The Morgan fingerprint density at radius 2 is 2.11 bits per heavy atom. The van der Waals surface area contributed by atoms with Crippen molar-refractivity contribution >= 4 is 46.4 Å². The number of anilines is 1. The zero-order valence-electron chi connectivity index (χ0n) is 17.9. The first-order chi connectivity index (χ1) is 13.0. The Morgan fingerprint density at radius 3 is 2.68 bits per heavy atom. The minimum absolute atomic E-state index is 0. The van der Waals surface area contributed by atoms with E-state index in [0.29, 0.717) is 18.7 Å². The van der Waals surface area contributed by atoms with E-state index in [-0.39, 0.29) is 24.0 Å². The maximum Gasteiger partial charge on any atom is 0.191 e. The van der Waals surface area contributed by atoms with Crippen LogP contribution in [0.15, 0.2) is 10.4 Å². The van der Waals surface area contributed by atoms with Crippen LogP contribution in [0.5, 0.6) is 0 Å². The van der Waals surface area contributed by atoms with Crippen LogP contribution in [0, 0.1) is 0 Å². The molecule has 0 bridgehead atoms. The minimum atomic E-state index is 0. The normalized spacial score (nSPS) is 16.1. The first-order valence-corrected chi connectivity index (χ1v) is 10.9. The van der Waals surface area contributed by atoms with Crippen LogP contribution in [0.3, 0.4) is 0 Å². The predicted molar refractivity (Wildman–Crippen MR) is 130 cm³/mol. The van der Waals surface area contributed by atoms with Gasteiger partial charge in [-0.2, -0.15) is 0 Å². The fourth-order valence-corrected chi connectivity index (χ4v) is 3.72. The number of aliphatic imine (C=N–C) groups is 1. The molecule has 7 nitrogen and oxygen atoms in total. The minimum Gasteiger partial charge on any atom is -0.377 e. The number of rotatable bonds is 9. The molecule has 9 heteroatoms. The number of hydrogen-bond acceptors (Lipinski definition) is 6. The van der Waals surface area contributed by atoms with Crippen molar-refractivity contribution in [3.8, 4) is 0 Å². The number of nitrogens with zero attached hydrogens (tertiary/aromatic N) is 4. The number of aromatic nitrogens is 1. The second-order valence-corrected chi connectivity index (χ2v) is 8.23. The van der Waals surface area contributed by atoms with E-state index in [9.17, 15) is 0 Å². The van der Waals surface area contributed by atoms with Crippen LogP contribution in [0.4, 0.5) is 5.13 Å². The lowest BCUT2D eigenvalue weighted by atomic mass is 10.1. The van der Waals surface area contributed by atoms with Crippen molar-refractivity contribution in [2.45, 2.75) is 52.3 Å². The van der Waals surface area contributed by atoms with Crippen LogP contribution in [0.1, 0.15) is 39.3 Å². The number of likely N-dealkylation sites (tertiary alicyclic amines) is 1. The van der Waals surface area contributed by atoms with Crippen molar-refractivity contribution in [2.24, 2.45) is 4.99 Å². The number of hydrogen-bond donors (Lipinski definition) is 2. The summed E-state index contributed by atoms with van der Waals surface area (Å²) in [5.74, 6) is 0.887. The van der Waals surface area contributed by atoms with Crippen LogP contribution < -0.4 is 15.5 Å². The molecule has 1 aliphatic rings. The van der Waals surface area contributed by atoms with Crippen LogP contribution in [0.2, 0.25) is 0 Å². The predicted octanol–water partition coefficient (Wildman–Crippen LogP) is 2.77. The Bertz CT molecular complexity index is 573. The smallest absolute Gasteiger partial charge is 0.191 e. The van der Waals surface area contributed by atoms with Gasteiger partial charge in [-0.25, -0.2) is 9.98 Å². The van der Waals surface area contributed by atoms with Crippen LogP contribution >= 0.6 is 35.3 Å². The van der Waals surface area contributed by atoms with Gasteiger partial charge in [0.25, 0.3) is 0 Å². The first-order valence-electron chi connectivity index (χ1n) is 9.98. The lowest BCUT2D eigenvalue weighted by Crippen LogP contribution is -2.49. The molecule has 0 spiro atoms. The van der Waals surface area contributed by atoms with Gasteiger partial charge in [-0.1, -0.05) is 0 Å². The molecule has 1 aromatic heterocycles. The molecular formula is C19H37IN6OS. The molecule has 0 atom stereocenters. The van der Waals surface area contributed by atoms with Gasteiger partial charge in [0.15, 0.2) is 11.1 Å². The van der Waals surface area contributed by atoms with Gasteiger partial charge in [0.05, 0.1) is 24.9 Å². The van der Waals surface area contributed by atoms with Gasteiger partial charge in [0.2, 0.25) is 0 Å². The molecule has 0 aliphatic carbocycles. The lowest BCUT2D eigenvalue weighted by Gasteiger charge is -2.33. The molecule has 2 rings (SSSR count). The summed E-state index contributed by atoms with van der Waals surface area (Å²) >= 11 is 1.66. The van der Waals surface area contributed by atoms with Gasteiger partial charge >= 0.3 is 0 Å². The van der Waals surface area contributed by atoms with Crippen molar-refractivity contribution in [3.05, 3.63) is 11.1 Å². The number of ether oxygens (including phenoxy) is 1. The molecule has 2 N–H and O–H groups in total. The topological polar surface area (TPSA) is 65.0 Å². The second kappa shape index (κ2) is 13.6. The van der Waals surface area contributed by atoms with Gasteiger partial charge in [-0.05, 0) is 33.6 Å². The Kier molecular flexibility index (Phi) is 12.3. The average Bonchev–Trinajstić information content (AvgIpc) is 3.10. The average molecular weight is 525 g/mol. The van der Waals surface area contributed by atoms with Crippen molar-refractivity contribution in [1.82, 2.24) is 20.5 Å². The Morgan fingerprint density at radius 1 is 1.39 bits per heavy atom. The van der Waals surface area contributed by atoms with E-state index >= 15 is 0 Å². The summed E-state index contributed by atoms with van der Waals surface area (Å²) in [6.07, 6.45) is 2.58. The van der Waals surface area contributed by atoms with E-state index in [1.54, 1.807) is 11.3 Å². The molecule has 1 aromatic rings. The maximum absolute atomic E-state index is 5.66. The number of nitrogens with one attached hydrogen (secondary N) is 2. The summed E-state index contributed by atoms with van der Waals surface area (Å²) < 4.78 is 5.66. The van der Waals surface area contributed by atoms with Gasteiger partial charge in [0.1, 0.15) is 0 Å². The van der Waals surface area contributed by atoms with Crippen molar-refractivity contribution < 1.29 is 4.74 Å². The maximum atomic E-state index is 5.66. The second-order valence-electron chi connectivity index (χ2n) is 7.39. The molecule has 0 radical (unpaired) electrons. The Labute approximate surface area is 191 Å². The molecule has 1 saturated heterocycles. The molecule has 2 heterocycles. The van der Waals surface area contributed by atoms with Gasteiger partial charge in [-0.15, -0.1) is 35.3 Å². The summed E-state index contributed by atoms with van der Waals surface area (Å²) in [5.41, 5.74) is 1.01. The van der Waals surface area contributed by atoms with Crippen molar-refractivity contribution in [3.63, 3.8) is 0 Å². The van der Waals surface area contributed by atoms with Gasteiger partial charge in [-0.3, -0.25) is 0 Å². The fraction of sp³-hybridized carbons (Fsp3) is 0.789. The van der Waals surface area contributed by atoms with Crippen LogP contribution in [-0.2, 0) is 11.3 Å². The molecule has 28 heavy (non-hydrogen) atoms. The number of halogens is 1. The highest BCUT2D eigenvalue weighted by Gasteiger charge is 2.19. The highest BCUT2D eigenvalue weighted by atomic mass is 127. The number of piperidine rings is 1. The number of guanidine groups is 1.